The minimum Gasteiger partial charge on any atom is -0.496 e. The van der Waals surface area contributed by atoms with Crippen molar-refractivity contribution < 1.29 is 19.1 Å². The molecule has 8 heteroatoms. The fourth-order valence-electron chi connectivity index (χ4n) is 5.16. The third-order valence-corrected chi connectivity index (χ3v) is 8.00. The molecule has 2 amide bonds. The maximum absolute atomic E-state index is 14.2. The minimum absolute atomic E-state index is 0.182. The zero-order valence-electron chi connectivity index (χ0n) is 22.6. The molecule has 39 heavy (non-hydrogen) atoms. The number of carbonyl (C=O) groups excluding carboxylic acids is 2. The van der Waals surface area contributed by atoms with Crippen LogP contribution < -0.4 is 9.47 Å². The number of aromatic nitrogens is 1. The van der Waals surface area contributed by atoms with Crippen LogP contribution in [-0.4, -0.2) is 60.5 Å². The molecule has 0 bridgehead atoms. The van der Waals surface area contributed by atoms with Crippen molar-refractivity contribution in [3.8, 4) is 22.1 Å². The molecule has 1 saturated heterocycles. The van der Waals surface area contributed by atoms with Crippen molar-refractivity contribution in [2.24, 2.45) is 0 Å². The maximum atomic E-state index is 14.2. The molecule has 3 heterocycles. The molecule has 1 aliphatic heterocycles. The number of hydrogen-bond donors (Lipinski definition) is 0. The molecule has 0 spiro atoms. The fraction of sp³-hybridized carbons (Fsp3) is 0.323. The van der Waals surface area contributed by atoms with E-state index in [4.69, 9.17) is 14.5 Å². The van der Waals surface area contributed by atoms with Crippen LogP contribution in [0, 0.1) is 6.92 Å². The molecule has 0 unspecified atom stereocenters. The van der Waals surface area contributed by atoms with Crippen molar-refractivity contribution in [3.05, 3.63) is 76.7 Å². The zero-order valence-corrected chi connectivity index (χ0v) is 23.4. The third kappa shape index (κ3) is 5.76. The first kappa shape index (κ1) is 26.7. The molecule has 1 aliphatic rings. The predicted molar refractivity (Wildman–Crippen MR) is 155 cm³/mol. The van der Waals surface area contributed by atoms with Crippen LogP contribution in [0.25, 0.3) is 21.5 Å². The predicted octanol–water partition coefficient (Wildman–Crippen LogP) is 5.94. The van der Waals surface area contributed by atoms with Gasteiger partial charge < -0.3 is 19.3 Å². The van der Waals surface area contributed by atoms with Gasteiger partial charge in [0.1, 0.15) is 17.1 Å². The first-order valence-electron chi connectivity index (χ1n) is 13.2. The standard InChI is InChI=1S/C31H33N3O4S/c1-21-12-13-24-22(18-21)19-23(30(32-24)27-10-6-17-39-27)20-34(16-7-15-33-14-5-11-28(33)35)31(36)29-25(37-2)8-4-9-26(29)38-3/h4,6,8-10,12-13,17-19H,5,7,11,14-16,20H2,1-3H3. The summed E-state index contributed by atoms with van der Waals surface area (Å²) >= 11 is 1.63. The van der Waals surface area contributed by atoms with Gasteiger partial charge in [0.15, 0.2) is 0 Å². The molecule has 0 N–H and O–H groups in total. The summed E-state index contributed by atoms with van der Waals surface area (Å²) in [6.07, 6.45) is 2.17. The van der Waals surface area contributed by atoms with Gasteiger partial charge in [-0.05, 0) is 67.1 Å². The lowest BCUT2D eigenvalue weighted by atomic mass is 10.0. The van der Waals surface area contributed by atoms with E-state index < -0.39 is 0 Å². The molecule has 2 aromatic heterocycles. The highest BCUT2D eigenvalue weighted by molar-refractivity contribution is 7.13. The number of benzene rings is 2. The average Bonchev–Trinajstić information content (AvgIpc) is 3.63. The second-order valence-corrected chi connectivity index (χ2v) is 10.7. The van der Waals surface area contributed by atoms with Gasteiger partial charge in [0.2, 0.25) is 5.91 Å². The summed E-state index contributed by atoms with van der Waals surface area (Å²) in [6.45, 7) is 4.30. The summed E-state index contributed by atoms with van der Waals surface area (Å²) in [5.74, 6) is 0.932. The Morgan fingerprint density at radius 3 is 2.54 bits per heavy atom. The number of pyridine rings is 1. The third-order valence-electron chi connectivity index (χ3n) is 7.12. The lowest BCUT2D eigenvalue weighted by Gasteiger charge is -2.27. The number of nitrogens with zero attached hydrogens (tertiary/aromatic N) is 3. The van der Waals surface area contributed by atoms with E-state index in [1.54, 1.807) is 37.7 Å². The monoisotopic (exact) mass is 543 g/mol. The Morgan fingerprint density at radius 2 is 1.87 bits per heavy atom. The van der Waals surface area contributed by atoms with Crippen LogP contribution in [-0.2, 0) is 11.3 Å². The van der Waals surface area contributed by atoms with E-state index in [9.17, 15) is 9.59 Å². The fourth-order valence-corrected chi connectivity index (χ4v) is 5.91. The van der Waals surface area contributed by atoms with Crippen molar-refractivity contribution in [1.82, 2.24) is 14.8 Å². The Morgan fingerprint density at radius 1 is 1.08 bits per heavy atom. The van der Waals surface area contributed by atoms with Gasteiger partial charge in [0.25, 0.3) is 5.91 Å². The highest BCUT2D eigenvalue weighted by Gasteiger charge is 2.26. The summed E-state index contributed by atoms with van der Waals surface area (Å²) in [6, 6.07) is 17.8. The molecular formula is C31H33N3O4S. The summed E-state index contributed by atoms with van der Waals surface area (Å²) < 4.78 is 11.1. The maximum Gasteiger partial charge on any atom is 0.261 e. The first-order valence-corrected chi connectivity index (χ1v) is 14.1. The Labute approximate surface area is 233 Å². The van der Waals surface area contributed by atoms with Crippen LogP contribution in [0.5, 0.6) is 11.5 Å². The quantitative estimate of drug-likeness (QED) is 0.247. The largest absolute Gasteiger partial charge is 0.496 e. The van der Waals surface area contributed by atoms with Gasteiger partial charge in [0.05, 0.1) is 30.3 Å². The van der Waals surface area contributed by atoms with Crippen LogP contribution in [0.3, 0.4) is 0 Å². The van der Waals surface area contributed by atoms with E-state index >= 15 is 0 Å². The summed E-state index contributed by atoms with van der Waals surface area (Å²) in [5, 5.41) is 3.07. The van der Waals surface area contributed by atoms with Crippen molar-refractivity contribution in [3.63, 3.8) is 0 Å². The smallest absolute Gasteiger partial charge is 0.261 e. The zero-order chi connectivity index (χ0) is 27.4. The van der Waals surface area contributed by atoms with Gasteiger partial charge in [-0.15, -0.1) is 11.3 Å². The SMILES string of the molecule is COc1cccc(OC)c1C(=O)N(CCCN1CCCC1=O)Cc1cc2cc(C)ccc2nc1-c1cccs1. The number of thiophene rings is 1. The number of rotatable bonds is 10. The number of aryl methyl sites for hydroxylation is 1. The summed E-state index contributed by atoms with van der Waals surface area (Å²) in [7, 11) is 3.11. The highest BCUT2D eigenvalue weighted by atomic mass is 32.1. The molecule has 7 nitrogen and oxygen atoms in total. The molecular weight excluding hydrogens is 510 g/mol. The topological polar surface area (TPSA) is 72.0 Å². The van der Waals surface area contributed by atoms with Crippen LogP contribution in [0.1, 0.15) is 40.7 Å². The lowest BCUT2D eigenvalue weighted by molar-refractivity contribution is -0.127. The van der Waals surface area contributed by atoms with Crippen LogP contribution >= 0.6 is 11.3 Å². The van der Waals surface area contributed by atoms with E-state index in [1.165, 1.54) is 0 Å². The number of hydrogen-bond acceptors (Lipinski definition) is 6. The summed E-state index contributed by atoms with van der Waals surface area (Å²) in [5.41, 5.74) is 4.31. The van der Waals surface area contributed by atoms with Gasteiger partial charge in [-0.25, -0.2) is 4.98 Å². The van der Waals surface area contributed by atoms with Crippen molar-refractivity contribution in [1.29, 1.82) is 0 Å². The number of amides is 2. The number of ether oxygens (including phenoxy) is 2. The Kier molecular flexibility index (Phi) is 8.12. The Hall–Kier alpha value is -3.91. The van der Waals surface area contributed by atoms with E-state index in [1.807, 2.05) is 33.4 Å². The molecule has 0 atom stereocenters. The lowest BCUT2D eigenvalue weighted by Crippen LogP contribution is -2.35. The number of fused-ring (bicyclic) bond motifs is 1. The van der Waals surface area contributed by atoms with Gasteiger partial charge >= 0.3 is 0 Å². The molecule has 202 valence electrons. The minimum atomic E-state index is -0.182. The van der Waals surface area contributed by atoms with Crippen molar-refractivity contribution >= 4 is 34.1 Å². The van der Waals surface area contributed by atoms with E-state index in [0.29, 0.717) is 49.5 Å². The molecule has 0 aliphatic carbocycles. The van der Waals surface area contributed by atoms with Gasteiger partial charge in [0, 0.05) is 38.0 Å². The molecule has 0 radical (unpaired) electrons. The number of methoxy groups -OCH3 is 2. The number of likely N-dealkylation sites (tertiary alicyclic amines) is 1. The average molecular weight is 544 g/mol. The molecule has 2 aromatic carbocycles. The van der Waals surface area contributed by atoms with Crippen LogP contribution in [0.15, 0.2) is 60.0 Å². The second kappa shape index (κ2) is 11.9. The number of carbonyl (C=O) groups is 2. The first-order chi connectivity index (χ1) is 19.0. The van der Waals surface area contributed by atoms with E-state index in [-0.39, 0.29) is 11.8 Å². The van der Waals surface area contributed by atoms with Gasteiger partial charge in [-0.3, -0.25) is 9.59 Å². The van der Waals surface area contributed by atoms with Crippen LogP contribution in [0.4, 0.5) is 0 Å². The molecule has 4 aromatic rings. The van der Waals surface area contributed by atoms with E-state index in [2.05, 4.69) is 31.2 Å². The van der Waals surface area contributed by atoms with Gasteiger partial charge in [-0.2, -0.15) is 0 Å². The normalized spacial score (nSPS) is 13.2. The highest BCUT2D eigenvalue weighted by Crippen LogP contribution is 2.33. The summed E-state index contributed by atoms with van der Waals surface area (Å²) in [4.78, 5) is 36.2. The molecule has 1 fully saturated rings. The van der Waals surface area contributed by atoms with Crippen molar-refractivity contribution in [2.45, 2.75) is 32.7 Å². The van der Waals surface area contributed by atoms with Gasteiger partial charge in [-0.1, -0.05) is 23.8 Å². The second-order valence-electron chi connectivity index (χ2n) is 9.77. The Bertz CT molecular complexity index is 1460. The van der Waals surface area contributed by atoms with Crippen molar-refractivity contribution in [2.75, 3.05) is 33.9 Å². The Balaban J connectivity index is 1.54. The van der Waals surface area contributed by atoms with E-state index in [0.717, 1.165) is 45.6 Å². The van der Waals surface area contributed by atoms with Crippen LogP contribution in [0.2, 0.25) is 0 Å². The molecule has 5 rings (SSSR count). The molecule has 0 saturated carbocycles.